The third kappa shape index (κ3) is 3.73. The molecule has 0 saturated heterocycles. The third-order valence-electron chi connectivity index (χ3n) is 4.93. The molecule has 2 heterocycles. The molecule has 0 radical (unpaired) electrons. The number of hydrogen-bond acceptors (Lipinski definition) is 7. The van der Waals surface area contributed by atoms with Crippen LogP contribution in [-0.2, 0) is 11.2 Å². The van der Waals surface area contributed by atoms with Gasteiger partial charge in [0, 0.05) is 17.1 Å². The average Bonchev–Trinajstić information content (AvgIpc) is 3.26. The Bertz CT molecular complexity index is 1250. The predicted octanol–water partition coefficient (Wildman–Crippen LogP) is 3.83. The molecule has 1 N–H and O–H groups in total. The summed E-state index contributed by atoms with van der Waals surface area (Å²) in [6, 6.07) is 10.3. The first-order valence-corrected chi connectivity index (χ1v) is 9.79. The Morgan fingerprint density at radius 2 is 2.00 bits per heavy atom. The van der Waals surface area contributed by atoms with Crippen LogP contribution in [0.3, 0.4) is 0 Å². The van der Waals surface area contributed by atoms with Gasteiger partial charge in [0.25, 0.3) is 5.91 Å². The lowest BCUT2D eigenvalue weighted by atomic mass is 10.0. The summed E-state index contributed by atoms with van der Waals surface area (Å²) in [5.74, 6) is -0.0303. The Morgan fingerprint density at radius 1 is 1.19 bits per heavy atom. The van der Waals surface area contributed by atoms with E-state index in [4.69, 9.17) is 14.2 Å². The number of benzene rings is 2. The zero-order valence-corrected chi connectivity index (χ0v) is 17.0. The molecule has 1 aliphatic heterocycles. The van der Waals surface area contributed by atoms with Crippen molar-refractivity contribution < 1.29 is 23.8 Å². The number of fused-ring (bicyclic) bond motifs is 2. The summed E-state index contributed by atoms with van der Waals surface area (Å²) in [5.41, 5.74) is 2.54. The third-order valence-corrected chi connectivity index (χ3v) is 4.93. The van der Waals surface area contributed by atoms with Gasteiger partial charge in [-0.1, -0.05) is 6.92 Å². The Kier molecular flexibility index (Phi) is 5.41. The molecule has 4 rings (SSSR count). The van der Waals surface area contributed by atoms with Crippen LogP contribution in [0.2, 0.25) is 0 Å². The van der Waals surface area contributed by atoms with Gasteiger partial charge in [0.1, 0.15) is 5.56 Å². The van der Waals surface area contributed by atoms with Crippen molar-refractivity contribution in [1.29, 1.82) is 5.26 Å². The molecule has 0 atom stereocenters. The van der Waals surface area contributed by atoms with Crippen LogP contribution in [0, 0.1) is 11.3 Å². The van der Waals surface area contributed by atoms with E-state index in [2.05, 4.69) is 16.4 Å². The van der Waals surface area contributed by atoms with Crippen molar-refractivity contribution in [2.75, 3.05) is 18.7 Å². The molecule has 0 spiro atoms. The van der Waals surface area contributed by atoms with Crippen LogP contribution in [0.1, 0.15) is 45.7 Å². The maximum absolute atomic E-state index is 13.1. The highest BCUT2D eigenvalue weighted by Gasteiger charge is 2.22. The first kappa shape index (κ1) is 20.2. The van der Waals surface area contributed by atoms with Gasteiger partial charge in [0.05, 0.1) is 29.4 Å². The summed E-state index contributed by atoms with van der Waals surface area (Å²) in [7, 11) is 0. The molecule has 0 aliphatic carbocycles. The molecule has 2 aromatic carbocycles. The first-order valence-electron chi connectivity index (χ1n) is 9.79. The van der Waals surface area contributed by atoms with Crippen LogP contribution in [0.25, 0.3) is 10.9 Å². The number of aryl methyl sites for hydroxylation is 1. The highest BCUT2D eigenvalue weighted by atomic mass is 16.7. The SMILES string of the molecule is CCOC(=O)c1cnc2c(CC)cc(C#N)cc2c1NC(=O)c1ccc2c(c1)OCO2. The van der Waals surface area contributed by atoms with Crippen LogP contribution in [0.15, 0.2) is 36.5 Å². The van der Waals surface area contributed by atoms with Crippen LogP contribution in [-0.4, -0.2) is 30.3 Å². The normalized spacial score (nSPS) is 11.8. The molecule has 31 heavy (non-hydrogen) atoms. The lowest BCUT2D eigenvalue weighted by Gasteiger charge is -2.15. The van der Waals surface area contributed by atoms with Gasteiger partial charge in [-0.25, -0.2) is 4.79 Å². The fourth-order valence-electron chi connectivity index (χ4n) is 3.43. The molecule has 1 aromatic heterocycles. The average molecular weight is 417 g/mol. The van der Waals surface area contributed by atoms with Crippen molar-refractivity contribution in [3.8, 4) is 17.6 Å². The van der Waals surface area contributed by atoms with Gasteiger partial charge >= 0.3 is 5.97 Å². The van der Waals surface area contributed by atoms with E-state index in [9.17, 15) is 14.9 Å². The van der Waals surface area contributed by atoms with Gasteiger partial charge in [-0.2, -0.15) is 5.26 Å². The van der Waals surface area contributed by atoms with E-state index < -0.39 is 11.9 Å². The number of carbonyl (C=O) groups excluding carboxylic acids is 2. The van der Waals surface area contributed by atoms with Crippen LogP contribution in [0.5, 0.6) is 11.5 Å². The second kappa shape index (κ2) is 8.32. The molecule has 8 nitrogen and oxygen atoms in total. The van der Waals surface area contributed by atoms with E-state index in [-0.39, 0.29) is 24.7 Å². The summed E-state index contributed by atoms with van der Waals surface area (Å²) in [6.45, 7) is 3.91. The Morgan fingerprint density at radius 3 is 2.74 bits per heavy atom. The predicted molar refractivity (Wildman–Crippen MR) is 112 cm³/mol. The zero-order chi connectivity index (χ0) is 22.0. The monoisotopic (exact) mass is 417 g/mol. The highest BCUT2D eigenvalue weighted by molar-refractivity contribution is 6.14. The highest BCUT2D eigenvalue weighted by Crippen LogP contribution is 2.34. The van der Waals surface area contributed by atoms with E-state index in [1.807, 2.05) is 6.92 Å². The number of amides is 1. The van der Waals surface area contributed by atoms with E-state index in [0.29, 0.717) is 39.9 Å². The Balaban J connectivity index is 1.85. The van der Waals surface area contributed by atoms with Gasteiger partial charge in [-0.05, 0) is 49.2 Å². The largest absolute Gasteiger partial charge is 0.462 e. The van der Waals surface area contributed by atoms with Crippen molar-refractivity contribution in [2.45, 2.75) is 20.3 Å². The van der Waals surface area contributed by atoms with Crippen LogP contribution < -0.4 is 14.8 Å². The lowest BCUT2D eigenvalue weighted by Crippen LogP contribution is -2.17. The number of nitrogens with zero attached hydrogens (tertiary/aromatic N) is 2. The minimum Gasteiger partial charge on any atom is -0.462 e. The number of rotatable bonds is 5. The van der Waals surface area contributed by atoms with E-state index >= 15 is 0 Å². The number of ether oxygens (including phenoxy) is 3. The summed E-state index contributed by atoms with van der Waals surface area (Å²) < 4.78 is 15.8. The topological polar surface area (TPSA) is 111 Å². The molecule has 1 aliphatic rings. The molecule has 1 amide bonds. The number of aromatic nitrogens is 1. The summed E-state index contributed by atoms with van der Waals surface area (Å²) >= 11 is 0. The molecule has 0 bridgehead atoms. The van der Waals surface area contributed by atoms with Crippen LogP contribution in [0.4, 0.5) is 5.69 Å². The first-order chi connectivity index (χ1) is 15.0. The van der Waals surface area contributed by atoms with Gasteiger partial charge in [0.2, 0.25) is 6.79 Å². The van der Waals surface area contributed by atoms with Crippen LogP contribution >= 0.6 is 0 Å². The second-order valence-electron chi connectivity index (χ2n) is 6.79. The fraction of sp³-hybridized carbons (Fsp3) is 0.217. The number of pyridine rings is 1. The maximum Gasteiger partial charge on any atom is 0.341 e. The van der Waals surface area contributed by atoms with Gasteiger partial charge in [-0.15, -0.1) is 0 Å². The summed E-state index contributed by atoms with van der Waals surface area (Å²) in [5, 5.41) is 12.8. The second-order valence-corrected chi connectivity index (χ2v) is 6.79. The van der Waals surface area contributed by atoms with Gasteiger partial charge < -0.3 is 19.5 Å². The number of hydrogen-bond donors (Lipinski definition) is 1. The van der Waals surface area contributed by atoms with Gasteiger partial charge in [-0.3, -0.25) is 9.78 Å². The van der Waals surface area contributed by atoms with Crippen molar-refractivity contribution in [3.05, 3.63) is 58.8 Å². The number of anilines is 1. The smallest absolute Gasteiger partial charge is 0.341 e. The van der Waals surface area contributed by atoms with Crippen molar-refractivity contribution in [3.63, 3.8) is 0 Å². The standard InChI is InChI=1S/C23H19N3O5/c1-3-14-7-13(10-24)8-16-20(14)25-11-17(23(28)29-4-2)21(16)26-22(27)15-5-6-18-19(9-15)31-12-30-18/h5-9,11H,3-4,12H2,1-2H3,(H,25,26,27). The van der Waals surface area contributed by atoms with E-state index in [1.54, 1.807) is 37.3 Å². The number of carbonyl (C=O) groups is 2. The number of esters is 1. The minimum atomic E-state index is -0.613. The molecule has 8 heteroatoms. The molecule has 0 fully saturated rings. The summed E-state index contributed by atoms with van der Waals surface area (Å²) in [6.07, 6.45) is 2.02. The lowest BCUT2D eigenvalue weighted by molar-refractivity contribution is 0.0527. The molecular weight excluding hydrogens is 398 g/mol. The van der Waals surface area contributed by atoms with Crippen molar-refractivity contribution >= 4 is 28.5 Å². The zero-order valence-electron chi connectivity index (χ0n) is 17.0. The van der Waals surface area contributed by atoms with Gasteiger partial charge in [0.15, 0.2) is 11.5 Å². The van der Waals surface area contributed by atoms with Crippen molar-refractivity contribution in [1.82, 2.24) is 4.98 Å². The molecule has 0 unspecified atom stereocenters. The van der Waals surface area contributed by atoms with Crippen molar-refractivity contribution in [2.24, 2.45) is 0 Å². The number of nitrogens with one attached hydrogen (secondary N) is 1. The van der Waals surface area contributed by atoms with E-state index in [0.717, 1.165) is 5.56 Å². The number of nitriles is 1. The molecule has 3 aromatic rings. The molecule has 156 valence electrons. The molecule has 0 saturated carbocycles. The minimum absolute atomic E-state index is 0.0964. The fourth-order valence-corrected chi connectivity index (χ4v) is 3.43. The maximum atomic E-state index is 13.1. The van der Waals surface area contributed by atoms with E-state index in [1.165, 1.54) is 6.20 Å². The quantitative estimate of drug-likeness (QED) is 0.628. The Labute approximate surface area is 178 Å². The molecular formula is C23H19N3O5. The Hall–Kier alpha value is -4.12. The summed E-state index contributed by atoms with van der Waals surface area (Å²) in [4.78, 5) is 30.0.